The van der Waals surface area contributed by atoms with Crippen molar-refractivity contribution in [3.8, 4) is 0 Å². The summed E-state index contributed by atoms with van der Waals surface area (Å²) >= 11 is 0. The molecule has 0 radical (unpaired) electrons. The summed E-state index contributed by atoms with van der Waals surface area (Å²) < 4.78 is 0. The second-order valence-corrected chi connectivity index (χ2v) is 6.64. The van der Waals surface area contributed by atoms with E-state index in [4.69, 9.17) is 5.73 Å². The first-order chi connectivity index (χ1) is 9.60. The largest absolute Gasteiger partial charge is 0.363 e. The van der Waals surface area contributed by atoms with Crippen LogP contribution in [0, 0.1) is 5.92 Å². The molecule has 1 amide bonds. The Hall–Kier alpha value is -1.29. The number of nitrogens with two attached hydrogens (primary N) is 1. The number of aromatic nitrogens is 1. The molecular formula is C16H25N3O. The fourth-order valence-corrected chi connectivity index (χ4v) is 3.96. The van der Waals surface area contributed by atoms with Gasteiger partial charge in [-0.25, -0.2) is 0 Å². The maximum atomic E-state index is 13.0. The van der Waals surface area contributed by atoms with Gasteiger partial charge in [0.15, 0.2) is 0 Å². The van der Waals surface area contributed by atoms with E-state index in [0.717, 1.165) is 44.3 Å². The minimum absolute atomic E-state index is 0.168. The van der Waals surface area contributed by atoms with E-state index in [1.54, 1.807) is 0 Å². The maximum absolute atomic E-state index is 13.0. The van der Waals surface area contributed by atoms with Crippen molar-refractivity contribution in [2.24, 2.45) is 11.7 Å². The molecular weight excluding hydrogens is 250 g/mol. The number of hydrogen-bond acceptors (Lipinski definition) is 2. The van der Waals surface area contributed by atoms with E-state index >= 15 is 0 Å². The van der Waals surface area contributed by atoms with Crippen LogP contribution in [0.15, 0.2) is 18.3 Å². The van der Waals surface area contributed by atoms with Crippen LogP contribution in [0.4, 0.5) is 0 Å². The van der Waals surface area contributed by atoms with E-state index in [-0.39, 0.29) is 11.9 Å². The lowest BCUT2D eigenvalue weighted by Gasteiger charge is -2.39. The number of hydrogen-bond donors (Lipinski definition) is 2. The predicted octanol–water partition coefficient (Wildman–Crippen LogP) is 2.59. The highest BCUT2D eigenvalue weighted by Crippen LogP contribution is 2.37. The Bertz CT molecular complexity index is 470. The van der Waals surface area contributed by atoms with Crippen LogP contribution in [0.1, 0.15) is 57.2 Å². The zero-order valence-electron chi connectivity index (χ0n) is 12.3. The van der Waals surface area contributed by atoms with Gasteiger partial charge in [0.2, 0.25) is 5.91 Å². The standard InChI is InChI=1S/C16H25N3O/c1-12-5-2-8-16(17,11-12)15(20)19-10-4-7-14(19)13-6-3-9-18-13/h3,6,9,12,14,18H,2,4-5,7-8,10-11,17H2,1H3. The van der Waals surface area contributed by atoms with Gasteiger partial charge < -0.3 is 15.6 Å². The predicted molar refractivity (Wildman–Crippen MR) is 79.0 cm³/mol. The van der Waals surface area contributed by atoms with Gasteiger partial charge >= 0.3 is 0 Å². The molecule has 2 fully saturated rings. The van der Waals surface area contributed by atoms with Crippen molar-refractivity contribution in [1.82, 2.24) is 9.88 Å². The highest BCUT2D eigenvalue weighted by molar-refractivity contribution is 5.87. The van der Waals surface area contributed by atoms with Crippen molar-refractivity contribution in [3.63, 3.8) is 0 Å². The van der Waals surface area contributed by atoms with Crippen LogP contribution >= 0.6 is 0 Å². The molecule has 3 rings (SSSR count). The van der Waals surface area contributed by atoms with Gasteiger partial charge in [-0.1, -0.05) is 19.8 Å². The van der Waals surface area contributed by atoms with Crippen LogP contribution in [0.2, 0.25) is 0 Å². The van der Waals surface area contributed by atoms with Crippen molar-refractivity contribution in [3.05, 3.63) is 24.0 Å². The van der Waals surface area contributed by atoms with E-state index in [1.165, 1.54) is 6.42 Å². The number of likely N-dealkylation sites (tertiary alicyclic amines) is 1. The number of aromatic amines is 1. The number of H-pyrrole nitrogens is 1. The van der Waals surface area contributed by atoms with Gasteiger partial charge in [0, 0.05) is 18.4 Å². The zero-order valence-corrected chi connectivity index (χ0v) is 12.3. The quantitative estimate of drug-likeness (QED) is 0.871. The van der Waals surface area contributed by atoms with Crippen molar-refractivity contribution in [1.29, 1.82) is 0 Å². The molecule has 1 saturated carbocycles. The Labute approximate surface area is 120 Å². The molecule has 0 spiro atoms. The van der Waals surface area contributed by atoms with E-state index in [9.17, 15) is 4.79 Å². The molecule has 1 aliphatic carbocycles. The summed E-state index contributed by atoms with van der Waals surface area (Å²) in [6.45, 7) is 3.05. The highest BCUT2D eigenvalue weighted by atomic mass is 16.2. The highest BCUT2D eigenvalue weighted by Gasteiger charge is 2.43. The third kappa shape index (κ3) is 2.37. The smallest absolute Gasteiger partial charge is 0.243 e. The van der Waals surface area contributed by atoms with E-state index in [2.05, 4.69) is 18.0 Å². The number of nitrogens with zero attached hydrogens (tertiary/aromatic N) is 1. The molecule has 3 N–H and O–H groups in total. The first-order valence-electron chi connectivity index (χ1n) is 7.83. The molecule has 2 heterocycles. The Balaban J connectivity index is 1.79. The fourth-order valence-electron chi connectivity index (χ4n) is 3.96. The van der Waals surface area contributed by atoms with E-state index < -0.39 is 5.54 Å². The van der Waals surface area contributed by atoms with Crippen molar-refractivity contribution >= 4 is 5.91 Å². The molecule has 4 heteroatoms. The lowest BCUT2D eigenvalue weighted by atomic mass is 9.76. The van der Waals surface area contributed by atoms with Crippen LogP contribution < -0.4 is 5.73 Å². The van der Waals surface area contributed by atoms with Crippen molar-refractivity contribution < 1.29 is 4.79 Å². The number of amides is 1. The molecule has 1 aromatic rings. The summed E-state index contributed by atoms with van der Waals surface area (Å²) in [4.78, 5) is 18.2. The van der Waals surface area contributed by atoms with E-state index in [0.29, 0.717) is 5.92 Å². The molecule has 3 atom stereocenters. The minimum Gasteiger partial charge on any atom is -0.363 e. The Morgan fingerprint density at radius 3 is 3.00 bits per heavy atom. The first kappa shape index (κ1) is 13.7. The monoisotopic (exact) mass is 275 g/mol. The van der Waals surface area contributed by atoms with Gasteiger partial charge in [-0.3, -0.25) is 4.79 Å². The van der Waals surface area contributed by atoms with Gasteiger partial charge in [-0.05, 0) is 43.7 Å². The van der Waals surface area contributed by atoms with Gasteiger partial charge in [0.05, 0.1) is 11.6 Å². The van der Waals surface area contributed by atoms with Crippen LogP contribution in [0.25, 0.3) is 0 Å². The molecule has 4 nitrogen and oxygen atoms in total. The second-order valence-electron chi connectivity index (χ2n) is 6.64. The van der Waals surface area contributed by atoms with Crippen molar-refractivity contribution in [2.75, 3.05) is 6.54 Å². The average molecular weight is 275 g/mol. The van der Waals surface area contributed by atoms with Crippen LogP contribution in [-0.2, 0) is 4.79 Å². The third-order valence-electron chi connectivity index (χ3n) is 4.95. The third-order valence-corrected chi connectivity index (χ3v) is 4.95. The second kappa shape index (κ2) is 5.24. The molecule has 2 aliphatic rings. The van der Waals surface area contributed by atoms with Gasteiger partial charge in [-0.15, -0.1) is 0 Å². The summed E-state index contributed by atoms with van der Waals surface area (Å²) in [6.07, 6.45) is 7.98. The molecule has 20 heavy (non-hydrogen) atoms. The van der Waals surface area contributed by atoms with Gasteiger partial charge in [0.25, 0.3) is 0 Å². The maximum Gasteiger partial charge on any atom is 0.243 e. The number of nitrogens with one attached hydrogen (secondary N) is 1. The minimum atomic E-state index is -0.632. The number of carbonyl (C=O) groups is 1. The summed E-state index contributed by atoms with van der Waals surface area (Å²) in [5, 5.41) is 0. The SMILES string of the molecule is CC1CCCC(N)(C(=O)N2CCCC2c2ccc[nH]2)C1. The first-order valence-corrected chi connectivity index (χ1v) is 7.83. The molecule has 0 aromatic carbocycles. The Kier molecular flexibility index (Phi) is 3.59. The molecule has 1 aliphatic heterocycles. The Morgan fingerprint density at radius 2 is 2.30 bits per heavy atom. The van der Waals surface area contributed by atoms with Crippen LogP contribution in [0.3, 0.4) is 0 Å². The zero-order chi connectivity index (χ0) is 14.2. The average Bonchev–Trinajstić information content (AvgIpc) is 3.08. The lowest BCUT2D eigenvalue weighted by Crippen LogP contribution is -2.57. The van der Waals surface area contributed by atoms with Gasteiger partial charge in [-0.2, -0.15) is 0 Å². The van der Waals surface area contributed by atoms with Crippen LogP contribution in [-0.4, -0.2) is 27.9 Å². The molecule has 1 aromatic heterocycles. The topological polar surface area (TPSA) is 62.1 Å². The number of carbonyl (C=O) groups excluding carboxylic acids is 1. The summed E-state index contributed by atoms with van der Waals surface area (Å²) in [7, 11) is 0. The van der Waals surface area contributed by atoms with E-state index in [1.807, 2.05) is 17.2 Å². The van der Waals surface area contributed by atoms with Crippen molar-refractivity contribution in [2.45, 2.75) is 57.0 Å². The normalized spacial score (nSPS) is 34.4. The fraction of sp³-hybridized carbons (Fsp3) is 0.688. The summed E-state index contributed by atoms with van der Waals surface area (Å²) in [5.41, 5.74) is 7.00. The summed E-state index contributed by atoms with van der Waals surface area (Å²) in [5.74, 6) is 0.727. The Morgan fingerprint density at radius 1 is 1.45 bits per heavy atom. The summed E-state index contributed by atoms with van der Waals surface area (Å²) in [6, 6.07) is 4.26. The van der Waals surface area contributed by atoms with Crippen LogP contribution in [0.5, 0.6) is 0 Å². The van der Waals surface area contributed by atoms with Gasteiger partial charge in [0.1, 0.15) is 0 Å². The number of rotatable bonds is 2. The lowest BCUT2D eigenvalue weighted by molar-refractivity contribution is -0.139. The molecule has 0 bridgehead atoms. The molecule has 3 unspecified atom stereocenters. The molecule has 110 valence electrons. The molecule has 1 saturated heterocycles.